The van der Waals surface area contributed by atoms with Crippen LogP contribution < -0.4 is 4.74 Å². The van der Waals surface area contributed by atoms with Gasteiger partial charge in [0, 0.05) is 49.8 Å². The van der Waals surface area contributed by atoms with E-state index in [1.165, 1.54) is 54.7 Å². The molecule has 10 aromatic rings. The Balaban J connectivity index is 1.15. The van der Waals surface area contributed by atoms with Crippen molar-refractivity contribution >= 4 is 65.6 Å². The van der Waals surface area contributed by atoms with E-state index < -0.39 is 0 Å². The fourth-order valence-corrected chi connectivity index (χ4v) is 7.45. The molecule has 0 unspecified atom stereocenters. The third-order valence-electron chi connectivity index (χ3n) is 9.63. The monoisotopic (exact) mass is 604 g/mol. The Morgan fingerprint density at radius 2 is 0.915 bits per heavy atom. The van der Waals surface area contributed by atoms with Gasteiger partial charge < -0.3 is 18.3 Å². The normalized spacial score (nSPS) is 11.9. The highest BCUT2D eigenvalue weighted by molar-refractivity contribution is 6.13. The zero-order valence-electron chi connectivity index (χ0n) is 25.6. The average molecular weight is 605 g/mol. The molecule has 0 saturated heterocycles. The molecule has 0 radical (unpaired) electrons. The molecule has 0 amide bonds. The van der Waals surface area contributed by atoms with E-state index in [9.17, 15) is 0 Å². The van der Waals surface area contributed by atoms with Crippen molar-refractivity contribution in [2.24, 2.45) is 0 Å². The number of hydrogen-bond acceptors (Lipinski definition) is 2. The lowest BCUT2D eigenvalue weighted by Gasteiger charge is -2.10. The number of methoxy groups -OCH3 is 1. The average Bonchev–Trinajstić information content (AvgIpc) is 3.78. The minimum absolute atomic E-state index is 0.851. The fourth-order valence-electron chi connectivity index (χ4n) is 7.45. The minimum Gasteiger partial charge on any atom is -0.497 e. The van der Waals surface area contributed by atoms with Gasteiger partial charge in [-0.05, 0) is 90.0 Å². The SMILES string of the molecule is COc1ccc(-n2c3ccccc3c3cc(-c4ccc5c(c4)c4ccccc4n5-c4ccc5c(c4)oc4ccccc45)ccc32)cc1. The lowest BCUT2D eigenvalue weighted by Crippen LogP contribution is -1.94. The second-order valence-electron chi connectivity index (χ2n) is 12.1. The van der Waals surface area contributed by atoms with E-state index >= 15 is 0 Å². The predicted molar refractivity (Wildman–Crippen MR) is 194 cm³/mol. The van der Waals surface area contributed by atoms with Gasteiger partial charge in [-0.1, -0.05) is 66.7 Å². The summed E-state index contributed by atoms with van der Waals surface area (Å²) in [5, 5.41) is 7.20. The number of furan rings is 1. The van der Waals surface area contributed by atoms with Gasteiger partial charge in [0.05, 0.1) is 29.2 Å². The van der Waals surface area contributed by atoms with Crippen LogP contribution >= 0.6 is 0 Å². The van der Waals surface area contributed by atoms with E-state index in [0.29, 0.717) is 0 Å². The summed E-state index contributed by atoms with van der Waals surface area (Å²) in [7, 11) is 1.70. The minimum atomic E-state index is 0.851. The molecule has 3 heterocycles. The molecule has 0 aliphatic heterocycles. The Bertz CT molecular complexity index is 2830. The van der Waals surface area contributed by atoms with Gasteiger partial charge in [0.15, 0.2) is 0 Å². The largest absolute Gasteiger partial charge is 0.497 e. The highest BCUT2D eigenvalue weighted by Gasteiger charge is 2.17. The molecule has 0 fully saturated rings. The van der Waals surface area contributed by atoms with Crippen LogP contribution in [-0.4, -0.2) is 16.2 Å². The topological polar surface area (TPSA) is 32.2 Å². The molecule has 0 bridgehead atoms. The second kappa shape index (κ2) is 9.87. The first-order valence-corrected chi connectivity index (χ1v) is 15.9. The van der Waals surface area contributed by atoms with Gasteiger partial charge in [0.1, 0.15) is 16.9 Å². The van der Waals surface area contributed by atoms with Crippen molar-refractivity contribution in [1.82, 2.24) is 9.13 Å². The number of hydrogen-bond donors (Lipinski definition) is 0. The first-order valence-electron chi connectivity index (χ1n) is 15.9. The van der Waals surface area contributed by atoms with Crippen molar-refractivity contribution in [1.29, 1.82) is 0 Å². The lowest BCUT2D eigenvalue weighted by molar-refractivity contribution is 0.415. The molecule has 7 aromatic carbocycles. The Hall–Kier alpha value is -6.26. The Morgan fingerprint density at radius 1 is 0.404 bits per heavy atom. The van der Waals surface area contributed by atoms with Crippen molar-refractivity contribution in [3.05, 3.63) is 152 Å². The van der Waals surface area contributed by atoms with Crippen molar-refractivity contribution in [2.75, 3.05) is 7.11 Å². The lowest BCUT2D eigenvalue weighted by atomic mass is 10.0. The van der Waals surface area contributed by atoms with Crippen molar-refractivity contribution in [3.63, 3.8) is 0 Å². The summed E-state index contributed by atoms with van der Waals surface area (Å²) in [4.78, 5) is 0. The van der Waals surface area contributed by atoms with Crippen LogP contribution in [0.4, 0.5) is 0 Å². The summed E-state index contributed by atoms with van der Waals surface area (Å²) >= 11 is 0. The Kier molecular flexibility index (Phi) is 5.46. The Morgan fingerprint density at radius 3 is 1.55 bits per heavy atom. The van der Waals surface area contributed by atoms with Crippen molar-refractivity contribution in [2.45, 2.75) is 0 Å². The summed E-state index contributed by atoms with van der Waals surface area (Å²) in [5.74, 6) is 0.851. The molecule has 4 heteroatoms. The molecular weight excluding hydrogens is 576 g/mol. The molecule has 0 aliphatic carbocycles. The van der Waals surface area contributed by atoms with Crippen molar-refractivity contribution in [3.8, 4) is 28.3 Å². The van der Waals surface area contributed by atoms with Crippen molar-refractivity contribution < 1.29 is 9.15 Å². The molecule has 0 atom stereocenters. The maximum atomic E-state index is 6.28. The second-order valence-corrected chi connectivity index (χ2v) is 12.1. The summed E-state index contributed by atoms with van der Waals surface area (Å²) in [5.41, 5.74) is 11.1. The summed E-state index contributed by atoms with van der Waals surface area (Å²) in [6.07, 6.45) is 0. The van der Waals surface area contributed by atoms with E-state index in [1.54, 1.807) is 7.11 Å². The molecular formula is C43H28N2O2. The molecule has 4 nitrogen and oxygen atoms in total. The van der Waals surface area contributed by atoms with Gasteiger partial charge in [0.25, 0.3) is 0 Å². The van der Waals surface area contributed by atoms with Crippen LogP contribution in [0.15, 0.2) is 156 Å². The molecule has 222 valence electrons. The molecule has 0 saturated carbocycles. The molecule has 3 aromatic heterocycles. The van der Waals surface area contributed by atoms with Gasteiger partial charge in [-0.15, -0.1) is 0 Å². The van der Waals surface area contributed by atoms with E-state index in [1.807, 2.05) is 24.3 Å². The van der Waals surface area contributed by atoms with Crippen LogP contribution in [0, 0.1) is 0 Å². The van der Waals surface area contributed by atoms with Gasteiger partial charge in [-0.2, -0.15) is 0 Å². The maximum absolute atomic E-state index is 6.28. The zero-order valence-corrected chi connectivity index (χ0v) is 25.6. The molecule has 0 spiro atoms. The fraction of sp³-hybridized carbons (Fsp3) is 0.0233. The number of para-hydroxylation sites is 3. The summed E-state index contributed by atoms with van der Waals surface area (Å²) in [6, 6.07) is 54.1. The highest BCUT2D eigenvalue weighted by atomic mass is 16.5. The van der Waals surface area contributed by atoms with E-state index in [0.717, 1.165) is 39.1 Å². The predicted octanol–water partition coefficient (Wildman–Crippen LogP) is 11.5. The highest BCUT2D eigenvalue weighted by Crippen LogP contribution is 2.39. The van der Waals surface area contributed by atoms with Crippen LogP contribution in [-0.2, 0) is 0 Å². The van der Waals surface area contributed by atoms with Gasteiger partial charge in [0.2, 0.25) is 0 Å². The van der Waals surface area contributed by atoms with Gasteiger partial charge in [-0.25, -0.2) is 0 Å². The van der Waals surface area contributed by atoms with Crippen LogP contribution in [0.1, 0.15) is 0 Å². The standard InChI is InChI=1S/C43H28N2O2/c1-46-31-19-16-29(17-20-31)44-38-11-5-2-8-32(38)36-24-27(14-22-40(36)44)28-15-23-41-37(25-28)33-9-3-6-12-39(33)45(41)30-18-21-35-34-10-4-7-13-42(34)47-43(35)26-30/h2-26H,1H3. The van der Waals surface area contributed by atoms with Crippen LogP contribution in [0.2, 0.25) is 0 Å². The number of fused-ring (bicyclic) bond motifs is 9. The van der Waals surface area contributed by atoms with E-state index in [-0.39, 0.29) is 0 Å². The van der Waals surface area contributed by atoms with Crippen LogP contribution in [0.3, 0.4) is 0 Å². The molecule has 0 aliphatic rings. The third kappa shape index (κ3) is 3.82. The van der Waals surface area contributed by atoms with Crippen LogP contribution in [0.5, 0.6) is 5.75 Å². The quantitative estimate of drug-likeness (QED) is 0.200. The molecule has 0 N–H and O–H groups in total. The smallest absolute Gasteiger partial charge is 0.137 e. The number of aromatic nitrogens is 2. The van der Waals surface area contributed by atoms with Gasteiger partial charge in [-0.3, -0.25) is 0 Å². The number of nitrogens with zero attached hydrogens (tertiary/aromatic N) is 2. The first kappa shape index (κ1) is 26.0. The first-order chi connectivity index (χ1) is 23.2. The summed E-state index contributed by atoms with van der Waals surface area (Å²) < 4.78 is 16.4. The van der Waals surface area contributed by atoms with Crippen LogP contribution in [0.25, 0.3) is 88.1 Å². The zero-order chi connectivity index (χ0) is 31.1. The Labute approximate surface area is 270 Å². The third-order valence-corrected chi connectivity index (χ3v) is 9.63. The number of benzene rings is 7. The van der Waals surface area contributed by atoms with E-state index in [2.05, 4.69) is 137 Å². The maximum Gasteiger partial charge on any atom is 0.137 e. The number of ether oxygens (including phenoxy) is 1. The summed E-state index contributed by atoms with van der Waals surface area (Å²) in [6.45, 7) is 0. The molecule has 47 heavy (non-hydrogen) atoms. The molecule has 10 rings (SSSR count). The van der Waals surface area contributed by atoms with Gasteiger partial charge >= 0.3 is 0 Å². The van der Waals surface area contributed by atoms with E-state index in [4.69, 9.17) is 9.15 Å². The number of rotatable bonds is 4.